The zero-order valence-corrected chi connectivity index (χ0v) is 10.8. The van der Waals surface area contributed by atoms with Crippen LogP contribution in [0.2, 0.25) is 0 Å². The third kappa shape index (κ3) is 4.01. The minimum absolute atomic E-state index is 0.172. The Bertz CT molecular complexity index is 282. The van der Waals surface area contributed by atoms with E-state index in [1.54, 1.807) is 11.8 Å². The summed E-state index contributed by atoms with van der Waals surface area (Å²) in [7, 11) is 0. The second kappa shape index (κ2) is 5.17. The van der Waals surface area contributed by atoms with E-state index in [0.717, 1.165) is 16.0 Å². The molecule has 0 atom stereocenters. The van der Waals surface area contributed by atoms with Crippen LogP contribution in [0.15, 0.2) is 29.2 Å². The van der Waals surface area contributed by atoms with Crippen LogP contribution >= 0.6 is 27.7 Å². The summed E-state index contributed by atoms with van der Waals surface area (Å²) in [6, 6.07) is 6.65. The third-order valence-corrected chi connectivity index (χ3v) is 4.85. The number of hydrogen-bond donors (Lipinski definition) is 0. The molecule has 0 aliphatic rings. The molecule has 0 aliphatic carbocycles. The van der Waals surface area contributed by atoms with Gasteiger partial charge in [0.15, 0.2) is 0 Å². The van der Waals surface area contributed by atoms with Crippen molar-refractivity contribution in [3.63, 3.8) is 0 Å². The zero-order valence-electron chi connectivity index (χ0n) is 8.39. The van der Waals surface area contributed by atoms with Crippen LogP contribution in [0, 0.1) is 11.2 Å². The molecule has 0 saturated carbocycles. The summed E-state index contributed by atoms with van der Waals surface area (Å²) in [6.45, 7) is 4.41. The first kappa shape index (κ1) is 12.1. The molecule has 0 radical (unpaired) electrons. The Morgan fingerprint density at radius 3 is 2.36 bits per heavy atom. The van der Waals surface area contributed by atoms with Crippen molar-refractivity contribution in [2.75, 3.05) is 11.1 Å². The summed E-state index contributed by atoms with van der Waals surface area (Å²) < 4.78 is 12.6. The van der Waals surface area contributed by atoms with E-state index in [1.807, 2.05) is 12.1 Å². The summed E-state index contributed by atoms with van der Waals surface area (Å²) >= 11 is 5.25. The molecule has 0 N–H and O–H groups in total. The van der Waals surface area contributed by atoms with Gasteiger partial charge in [0.2, 0.25) is 0 Å². The molecular formula is C11H14BrFS. The Morgan fingerprint density at radius 2 is 1.86 bits per heavy atom. The molecule has 0 unspecified atom stereocenters. The van der Waals surface area contributed by atoms with Gasteiger partial charge in [-0.3, -0.25) is 0 Å². The van der Waals surface area contributed by atoms with Crippen molar-refractivity contribution in [2.24, 2.45) is 5.41 Å². The molecule has 1 aromatic carbocycles. The lowest BCUT2D eigenvalue weighted by molar-refractivity contribution is 0.496. The Labute approximate surface area is 97.4 Å². The summed E-state index contributed by atoms with van der Waals surface area (Å²) in [6.07, 6.45) is 0. The maximum absolute atomic E-state index is 12.6. The average Bonchev–Trinajstić information content (AvgIpc) is 2.17. The minimum atomic E-state index is -0.172. The van der Waals surface area contributed by atoms with Gasteiger partial charge in [0.1, 0.15) is 5.82 Å². The lowest BCUT2D eigenvalue weighted by Crippen LogP contribution is -2.15. The number of thioether (sulfide) groups is 1. The Kier molecular flexibility index (Phi) is 4.45. The quantitative estimate of drug-likeness (QED) is 0.582. The molecule has 0 nitrogen and oxygen atoms in total. The predicted octanol–water partition coefficient (Wildman–Crippen LogP) is 4.34. The second-order valence-corrected chi connectivity index (χ2v) is 5.65. The van der Waals surface area contributed by atoms with Gasteiger partial charge in [-0.25, -0.2) is 4.39 Å². The third-order valence-electron chi connectivity index (χ3n) is 1.80. The highest BCUT2D eigenvalue weighted by Crippen LogP contribution is 2.28. The van der Waals surface area contributed by atoms with E-state index in [0.29, 0.717) is 0 Å². The van der Waals surface area contributed by atoms with Crippen LogP contribution < -0.4 is 0 Å². The summed E-state index contributed by atoms with van der Waals surface area (Å²) in [5.41, 5.74) is 0.277. The topological polar surface area (TPSA) is 0 Å². The monoisotopic (exact) mass is 276 g/mol. The van der Waals surface area contributed by atoms with Gasteiger partial charge in [0.25, 0.3) is 0 Å². The van der Waals surface area contributed by atoms with E-state index in [1.165, 1.54) is 12.1 Å². The van der Waals surface area contributed by atoms with Crippen molar-refractivity contribution < 1.29 is 4.39 Å². The van der Waals surface area contributed by atoms with Crippen LogP contribution in [0.25, 0.3) is 0 Å². The van der Waals surface area contributed by atoms with Gasteiger partial charge in [-0.05, 0) is 29.7 Å². The Hall–Kier alpha value is -0.0200. The van der Waals surface area contributed by atoms with Gasteiger partial charge in [-0.2, -0.15) is 0 Å². The largest absolute Gasteiger partial charge is 0.207 e. The van der Waals surface area contributed by atoms with Crippen LogP contribution in [-0.4, -0.2) is 11.1 Å². The van der Waals surface area contributed by atoms with E-state index in [2.05, 4.69) is 29.8 Å². The highest BCUT2D eigenvalue weighted by Gasteiger charge is 2.15. The molecule has 78 valence electrons. The van der Waals surface area contributed by atoms with E-state index in [-0.39, 0.29) is 11.2 Å². The van der Waals surface area contributed by atoms with Gasteiger partial charge in [0, 0.05) is 16.0 Å². The fourth-order valence-electron chi connectivity index (χ4n) is 0.848. The zero-order chi connectivity index (χ0) is 10.6. The van der Waals surface area contributed by atoms with Gasteiger partial charge in [0.05, 0.1) is 0 Å². The first-order chi connectivity index (χ1) is 6.53. The van der Waals surface area contributed by atoms with E-state index >= 15 is 0 Å². The van der Waals surface area contributed by atoms with Gasteiger partial charge < -0.3 is 0 Å². The SMILES string of the molecule is CC(C)(CBr)CSc1ccc(F)cc1. The fraction of sp³-hybridized carbons (Fsp3) is 0.455. The van der Waals surface area contributed by atoms with Gasteiger partial charge in [-0.15, -0.1) is 11.8 Å². The molecule has 0 fully saturated rings. The fourth-order valence-corrected chi connectivity index (χ4v) is 2.30. The molecule has 0 spiro atoms. The molecule has 0 aliphatic heterocycles. The van der Waals surface area contributed by atoms with Crippen LogP contribution in [0.4, 0.5) is 4.39 Å². The predicted molar refractivity (Wildman–Crippen MR) is 64.7 cm³/mol. The van der Waals surface area contributed by atoms with E-state index < -0.39 is 0 Å². The lowest BCUT2D eigenvalue weighted by atomic mass is 10.0. The molecule has 0 heterocycles. The number of halogens is 2. The highest BCUT2D eigenvalue weighted by atomic mass is 79.9. The minimum Gasteiger partial charge on any atom is -0.207 e. The van der Waals surface area contributed by atoms with Gasteiger partial charge in [-0.1, -0.05) is 29.8 Å². The van der Waals surface area contributed by atoms with Crippen molar-refractivity contribution in [1.29, 1.82) is 0 Å². The van der Waals surface area contributed by atoms with Crippen molar-refractivity contribution in [2.45, 2.75) is 18.7 Å². The summed E-state index contributed by atoms with van der Waals surface area (Å²) in [5.74, 6) is 0.860. The van der Waals surface area contributed by atoms with Crippen LogP contribution in [0.5, 0.6) is 0 Å². The van der Waals surface area contributed by atoms with Crippen LogP contribution in [-0.2, 0) is 0 Å². The van der Waals surface area contributed by atoms with Crippen LogP contribution in [0.3, 0.4) is 0 Å². The Balaban J connectivity index is 2.50. The molecule has 14 heavy (non-hydrogen) atoms. The second-order valence-electron chi connectivity index (χ2n) is 4.04. The average molecular weight is 277 g/mol. The summed E-state index contributed by atoms with van der Waals surface area (Å²) in [5, 5.41) is 0.980. The smallest absolute Gasteiger partial charge is 0.123 e. The van der Waals surface area contributed by atoms with Crippen molar-refractivity contribution in [3.05, 3.63) is 30.1 Å². The maximum Gasteiger partial charge on any atom is 0.123 e. The van der Waals surface area contributed by atoms with Gasteiger partial charge >= 0.3 is 0 Å². The molecule has 1 rings (SSSR count). The number of hydrogen-bond acceptors (Lipinski definition) is 1. The standard InChI is InChI=1S/C11H14BrFS/c1-11(2,7-12)8-14-10-5-3-9(13)4-6-10/h3-6H,7-8H2,1-2H3. The van der Waals surface area contributed by atoms with E-state index in [4.69, 9.17) is 0 Å². The molecule has 0 aromatic heterocycles. The molecule has 0 bridgehead atoms. The lowest BCUT2D eigenvalue weighted by Gasteiger charge is -2.20. The molecule has 1 aromatic rings. The summed E-state index contributed by atoms with van der Waals surface area (Å²) in [4.78, 5) is 1.13. The number of alkyl halides is 1. The molecule has 0 saturated heterocycles. The first-order valence-corrected chi connectivity index (χ1v) is 6.58. The highest BCUT2D eigenvalue weighted by molar-refractivity contribution is 9.09. The van der Waals surface area contributed by atoms with E-state index in [9.17, 15) is 4.39 Å². The van der Waals surface area contributed by atoms with Crippen molar-refractivity contribution in [3.8, 4) is 0 Å². The first-order valence-electron chi connectivity index (χ1n) is 4.48. The Morgan fingerprint density at radius 1 is 1.29 bits per heavy atom. The number of benzene rings is 1. The van der Waals surface area contributed by atoms with Crippen molar-refractivity contribution >= 4 is 27.7 Å². The number of rotatable bonds is 4. The molecule has 3 heteroatoms. The normalized spacial score (nSPS) is 11.7. The molecular weight excluding hydrogens is 263 g/mol. The maximum atomic E-state index is 12.6. The van der Waals surface area contributed by atoms with Crippen LogP contribution in [0.1, 0.15) is 13.8 Å². The molecule has 0 amide bonds. The van der Waals surface area contributed by atoms with Crippen molar-refractivity contribution in [1.82, 2.24) is 0 Å².